The molecule has 5 heteroatoms. The Labute approximate surface area is 98.5 Å². The molecule has 0 radical (unpaired) electrons. The van der Waals surface area contributed by atoms with Gasteiger partial charge in [0, 0.05) is 22.2 Å². The number of hydrogen-bond donors (Lipinski definition) is 3. The highest BCUT2D eigenvalue weighted by molar-refractivity contribution is 7.80. The number of aromatic nitrogens is 1. The van der Waals surface area contributed by atoms with Gasteiger partial charge in [0.15, 0.2) is 5.11 Å². The van der Waals surface area contributed by atoms with E-state index in [1.807, 2.05) is 25.1 Å². The Hall–Kier alpha value is -1.88. The molecule has 0 spiro atoms. The lowest BCUT2D eigenvalue weighted by atomic mass is 10.1. The number of nitrogens with one attached hydrogen (secondary N) is 2. The molecule has 0 bridgehead atoms. The zero-order valence-electron chi connectivity index (χ0n) is 8.82. The summed E-state index contributed by atoms with van der Waals surface area (Å²) < 4.78 is 0. The number of aromatic amines is 1. The second kappa shape index (κ2) is 4.32. The number of hydrogen-bond acceptors (Lipinski definition) is 2. The van der Waals surface area contributed by atoms with Crippen LogP contribution in [0.1, 0.15) is 11.3 Å². The summed E-state index contributed by atoms with van der Waals surface area (Å²) in [5.74, 6) is 0. The van der Waals surface area contributed by atoms with Crippen LogP contribution < -0.4 is 11.2 Å². The summed E-state index contributed by atoms with van der Waals surface area (Å²) in [6.45, 7) is 2.02. The average Bonchev–Trinajstić information content (AvgIpc) is 2.58. The molecule has 0 saturated heterocycles. The SMILES string of the molecule is Cc1cc2c(C=NNC(N)=S)cccc2[nH]1. The number of benzene rings is 1. The summed E-state index contributed by atoms with van der Waals surface area (Å²) in [5, 5.41) is 5.24. The maximum atomic E-state index is 5.27. The minimum Gasteiger partial charge on any atom is -0.375 e. The Morgan fingerprint density at radius 2 is 2.38 bits per heavy atom. The van der Waals surface area contributed by atoms with Crippen LogP contribution >= 0.6 is 12.2 Å². The van der Waals surface area contributed by atoms with Gasteiger partial charge < -0.3 is 10.7 Å². The summed E-state index contributed by atoms with van der Waals surface area (Å²) in [7, 11) is 0. The van der Waals surface area contributed by atoms with Crippen molar-refractivity contribution in [3.8, 4) is 0 Å². The van der Waals surface area contributed by atoms with Gasteiger partial charge in [-0.05, 0) is 31.3 Å². The third kappa shape index (κ3) is 2.20. The minimum absolute atomic E-state index is 0.161. The van der Waals surface area contributed by atoms with Crippen LogP contribution in [0.4, 0.5) is 0 Å². The number of nitrogens with zero attached hydrogens (tertiary/aromatic N) is 1. The molecular weight excluding hydrogens is 220 g/mol. The summed E-state index contributed by atoms with van der Waals surface area (Å²) in [6, 6.07) is 8.07. The van der Waals surface area contributed by atoms with Crippen LogP contribution in [0.5, 0.6) is 0 Å². The Morgan fingerprint density at radius 1 is 1.56 bits per heavy atom. The van der Waals surface area contributed by atoms with Crippen LogP contribution in [0.25, 0.3) is 10.9 Å². The number of nitrogens with two attached hydrogens (primary N) is 1. The first-order chi connectivity index (χ1) is 7.66. The smallest absolute Gasteiger partial charge is 0.184 e. The second-order valence-electron chi connectivity index (χ2n) is 3.50. The molecule has 1 aromatic carbocycles. The fraction of sp³-hybridized carbons (Fsp3) is 0.0909. The maximum Gasteiger partial charge on any atom is 0.184 e. The molecule has 4 N–H and O–H groups in total. The first-order valence-corrected chi connectivity index (χ1v) is 5.24. The summed E-state index contributed by atoms with van der Waals surface area (Å²) >= 11 is 4.66. The lowest BCUT2D eigenvalue weighted by Gasteiger charge is -1.97. The van der Waals surface area contributed by atoms with Gasteiger partial charge in [-0.3, -0.25) is 5.43 Å². The van der Waals surface area contributed by atoms with Crippen LogP contribution in [0.15, 0.2) is 29.4 Å². The van der Waals surface area contributed by atoms with Gasteiger partial charge in [-0.25, -0.2) is 0 Å². The number of rotatable bonds is 2. The van der Waals surface area contributed by atoms with Crippen molar-refractivity contribution in [2.24, 2.45) is 10.8 Å². The molecule has 2 aromatic rings. The lowest BCUT2D eigenvalue weighted by Crippen LogP contribution is -2.23. The first kappa shape index (κ1) is 10.6. The van der Waals surface area contributed by atoms with E-state index in [-0.39, 0.29) is 5.11 Å². The molecule has 1 aromatic heterocycles. The van der Waals surface area contributed by atoms with E-state index in [0.29, 0.717) is 0 Å². The van der Waals surface area contributed by atoms with Crippen LogP contribution in [-0.4, -0.2) is 16.3 Å². The van der Waals surface area contributed by atoms with E-state index < -0.39 is 0 Å². The van der Waals surface area contributed by atoms with E-state index in [9.17, 15) is 0 Å². The fourth-order valence-electron chi connectivity index (χ4n) is 1.60. The summed E-state index contributed by atoms with van der Waals surface area (Å²) in [4.78, 5) is 3.27. The molecule has 1 heterocycles. The van der Waals surface area contributed by atoms with E-state index in [1.165, 1.54) is 0 Å². The van der Waals surface area contributed by atoms with Crippen molar-refractivity contribution < 1.29 is 0 Å². The van der Waals surface area contributed by atoms with Gasteiger partial charge in [0.2, 0.25) is 0 Å². The minimum atomic E-state index is 0.161. The van der Waals surface area contributed by atoms with Crippen LogP contribution in [0.2, 0.25) is 0 Å². The van der Waals surface area contributed by atoms with E-state index in [2.05, 4.69) is 33.8 Å². The van der Waals surface area contributed by atoms with E-state index in [1.54, 1.807) is 6.21 Å². The van der Waals surface area contributed by atoms with Gasteiger partial charge in [0.25, 0.3) is 0 Å². The van der Waals surface area contributed by atoms with Gasteiger partial charge in [-0.1, -0.05) is 12.1 Å². The third-order valence-corrected chi connectivity index (χ3v) is 2.30. The van der Waals surface area contributed by atoms with Crippen molar-refractivity contribution in [3.05, 3.63) is 35.5 Å². The number of H-pyrrole nitrogens is 1. The van der Waals surface area contributed by atoms with E-state index >= 15 is 0 Å². The monoisotopic (exact) mass is 232 g/mol. The Kier molecular flexibility index (Phi) is 2.87. The summed E-state index contributed by atoms with van der Waals surface area (Å²) in [6.07, 6.45) is 1.70. The second-order valence-corrected chi connectivity index (χ2v) is 3.93. The highest BCUT2D eigenvalue weighted by Gasteiger charge is 2.00. The third-order valence-electron chi connectivity index (χ3n) is 2.21. The number of hydrazone groups is 1. The van der Waals surface area contributed by atoms with E-state index in [4.69, 9.17) is 5.73 Å². The van der Waals surface area contributed by atoms with Gasteiger partial charge in [0.1, 0.15) is 0 Å². The molecule has 0 unspecified atom stereocenters. The molecule has 82 valence electrons. The lowest BCUT2D eigenvalue weighted by molar-refractivity contribution is 1.04. The van der Waals surface area contributed by atoms with Crippen molar-refractivity contribution in [1.29, 1.82) is 0 Å². The molecule has 0 aliphatic heterocycles. The molecule has 0 amide bonds. The predicted molar refractivity (Wildman–Crippen MR) is 70.6 cm³/mol. The topological polar surface area (TPSA) is 66.2 Å². The number of aryl methyl sites for hydroxylation is 1. The van der Waals surface area contributed by atoms with Gasteiger partial charge in [-0.15, -0.1) is 0 Å². The summed E-state index contributed by atoms with van der Waals surface area (Å²) in [5.41, 5.74) is 11.0. The molecule has 0 fully saturated rings. The van der Waals surface area contributed by atoms with Crippen LogP contribution in [-0.2, 0) is 0 Å². The van der Waals surface area contributed by atoms with Crippen molar-refractivity contribution in [3.63, 3.8) is 0 Å². The van der Waals surface area contributed by atoms with Crippen molar-refractivity contribution in [2.45, 2.75) is 6.92 Å². The van der Waals surface area contributed by atoms with Gasteiger partial charge in [0.05, 0.1) is 6.21 Å². The molecule has 0 aliphatic rings. The number of fused-ring (bicyclic) bond motifs is 1. The Morgan fingerprint density at radius 3 is 3.12 bits per heavy atom. The normalized spacial score (nSPS) is 11.1. The predicted octanol–water partition coefficient (Wildman–Crippen LogP) is 1.64. The van der Waals surface area contributed by atoms with Crippen molar-refractivity contribution in [1.82, 2.24) is 10.4 Å². The molecule has 2 rings (SSSR count). The molecular formula is C11H12N4S. The standard InChI is InChI=1S/C11H12N4S/c1-7-5-9-8(6-13-15-11(12)16)3-2-4-10(9)14-7/h2-6,14H,1H3,(H3,12,15,16). The molecule has 4 nitrogen and oxygen atoms in total. The van der Waals surface area contributed by atoms with Gasteiger partial charge >= 0.3 is 0 Å². The number of thiocarbonyl (C=S) groups is 1. The Bertz CT molecular complexity index is 556. The highest BCUT2D eigenvalue weighted by Crippen LogP contribution is 2.17. The highest BCUT2D eigenvalue weighted by atomic mass is 32.1. The van der Waals surface area contributed by atoms with Gasteiger partial charge in [-0.2, -0.15) is 5.10 Å². The molecule has 0 atom stereocenters. The molecule has 0 saturated carbocycles. The average molecular weight is 232 g/mol. The quantitative estimate of drug-likeness (QED) is 0.419. The zero-order chi connectivity index (χ0) is 11.5. The first-order valence-electron chi connectivity index (χ1n) is 4.83. The van der Waals surface area contributed by atoms with Crippen LogP contribution in [0, 0.1) is 6.92 Å². The van der Waals surface area contributed by atoms with Crippen molar-refractivity contribution >= 4 is 34.4 Å². The fourth-order valence-corrected chi connectivity index (χ4v) is 1.65. The largest absolute Gasteiger partial charge is 0.375 e. The Balaban J connectivity index is 2.36. The molecule has 0 aliphatic carbocycles. The maximum absolute atomic E-state index is 5.27. The van der Waals surface area contributed by atoms with Crippen LogP contribution in [0.3, 0.4) is 0 Å². The molecule has 16 heavy (non-hydrogen) atoms. The van der Waals surface area contributed by atoms with Crippen molar-refractivity contribution in [2.75, 3.05) is 0 Å². The van der Waals surface area contributed by atoms with E-state index in [0.717, 1.165) is 22.2 Å². The zero-order valence-corrected chi connectivity index (χ0v) is 9.64.